The highest BCUT2D eigenvalue weighted by Gasteiger charge is 2.11. The van der Waals surface area contributed by atoms with Crippen molar-refractivity contribution in [3.8, 4) is 11.1 Å². The first kappa shape index (κ1) is 14.0. The third kappa shape index (κ3) is 2.61. The summed E-state index contributed by atoms with van der Waals surface area (Å²) in [7, 11) is 0. The van der Waals surface area contributed by atoms with Crippen molar-refractivity contribution in [2.24, 2.45) is 5.73 Å². The van der Waals surface area contributed by atoms with E-state index in [1.54, 1.807) is 18.2 Å². The number of benzene rings is 2. The molecule has 0 fully saturated rings. The van der Waals surface area contributed by atoms with Crippen LogP contribution < -0.4 is 5.73 Å². The maximum atomic E-state index is 6.30. The zero-order valence-electron chi connectivity index (χ0n) is 9.18. The quantitative estimate of drug-likeness (QED) is 0.784. The van der Waals surface area contributed by atoms with Gasteiger partial charge in [0.1, 0.15) is 0 Å². The zero-order valence-corrected chi connectivity index (χ0v) is 12.2. The van der Waals surface area contributed by atoms with Crippen LogP contribution in [0.15, 0.2) is 30.3 Å². The molecule has 5 heteroatoms. The van der Waals surface area contributed by atoms with Crippen molar-refractivity contribution in [2.75, 3.05) is 0 Å². The third-order valence-electron chi connectivity index (χ3n) is 2.62. The maximum Gasteiger partial charge on any atom is 0.0598 e. The van der Waals surface area contributed by atoms with Gasteiger partial charge in [-0.2, -0.15) is 0 Å². The zero-order chi connectivity index (χ0) is 13.3. The molecule has 0 bridgehead atoms. The molecule has 0 aliphatic heterocycles. The molecule has 2 N–H and O–H groups in total. The van der Waals surface area contributed by atoms with Crippen molar-refractivity contribution in [3.63, 3.8) is 0 Å². The van der Waals surface area contributed by atoms with E-state index in [4.69, 9.17) is 52.1 Å². The predicted octanol–water partition coefficient (Wildman–Crippen LogP) is 5.43. The van der Waals surface area contributed by atoms with Gasteiger partial charge in [-0.05, 0) is 23.8 Å². The summed E-state index contributed by atoms with van der Waals surface area (Å²) in [4.78, 5) is 0. The lowest BCUT2D eigenvalue weighted by atomic mass is 10.0. The van der Waals surface area contributed by atoms with Gasteiger partial charge in [0.2, 0.25) is 0 Å². The largest absolute Gasteiger partial charge is 0.326 e. The fourth-order valence-electron chi connectivity index (χ4n) is 1.67. The number of nitrogens with two attached hydrogens (primary N) is 1. The van der Waals surface area contributed by atoms with Gasteiger partial charge < -0.3 is 5.73 Å². The first-order chi connectivity index (χ1) is 8.54. The second kappa shape index (κ2) is 5.68. The van der Waals surface area contributed by atoms with Gasteiger partial charge in [0.25, 0.3) is 0 Å². The Labute approximate surface area is 125 Å². The highest BCUT2D eigenvalue weighted by molar-refractivity contribution is 6.42. The van der Waals surface area contributed by atoms with Gasteiger partial charge in [-0.1, -0.05) is 58.5 Å². The molecule has 0 atom stereocenters. The van der Waals surface area contributed by atoms with E-state index in [0.717, 1.165) is 16.7 Å². The van der Waals surface area contributed by atoms with Crippen LogP contribution in [0.3, 0.4) is 0 Å². The summed E-state index contributed by atoms with van der Waals surface area (Å²) in [5.41, 5.74) is 8.07. The van der Waals surface area contributed by atoms with Crippen LogP contribution in [0, 0.1) is 0 Å². The molecule has 0 saturated carbocycles. The lowest BCUT2D eigenvalue weighted by Crippen LogP contribution is -1.99. The van der Waals surface area contributed by atoms with Crippen LogP contribution in [0.2, 0.25) is 20.1 Å². The average Bonchev–Trinajstić information content (AvgIpc) is 2.34. The normalized spacial score (nSPS) is 10.7. The highest BCUT2D eigenvalue weighted by atomic mass is 35.5. The van der Waals surface area contributed by atoms with E-state index < -0.39 is 0 Å². The average molecular weight is 321 g/mol. The second-order valence-corrected chi connectivity index (χ2v) is 5.32. The first-order valence-electron chi connectivity index (χ1n) is 5.17. The Morgan fingerprint density at radius 1 is 0.833 bits per heavy atom. The molecule has 0 unspecified atom stereocenters. The van der Waals surface area contributed by atoms with E-state index in [1.165, 1.54) is 0 Å². The molecule has 94 valence electrons. The van der Waals surface area contributed by atoms with Crippen LogP contribution in [0.5, 0.6) is 0 Å². The lowest BCUT2D eigenvalue weighted by molar-refractivity contribution is 1.07. The minimum Gasteiger partial charge on any atom is -0.326 e. The van der Waals surface area contributed by atoms with E-state index in [2.05, 4.69) is 0 Å². The number of rotatable bonds is 2. The van der Waals surface area contributed by atoms with E-state index in [1.807, 2.05) is 12.1 Å². The molecule has 2 aromatic carbocycles. The fourth-order valence-corrected chi connectivity index (χ4v) is 2.60. The van der Waals surface area contributed by atoms with E-state index >= 15 is 0 Å². The lowest BCUT2D eigenvalue weighted by Gasteiger charge is -2.11. The minimum absolute atomic E-state index is 0.285. The molecule has 0 aliphatic rings. The van der Waals surface area contributed by atoms with Crippen LogP contribution in [0.1, 0.15) is 5.56 Å². The molecular weight excluding hydrogens is 312 g/mol. The van der Waals surface area contributed by atoms with Gasteiger partial charge in [-0.15, -0.1) is 0 Å². The minimum atomic E-state index is 0.285. The summed E-state index contributed by atoms with van der Waals surface area (Å²) in [6.07, 6.45) is 0. The molecule has 2 aromatic rings. The van der Waals surface area contributed by atoms with Gasteiger partial charge >= 0.3 is 0 Å². The molecule has 0 spiro atoms. The van der Waals surface area contributed by atoms with Crippen molar-refractivity contribution in [1.82, 2.24) is 0 Å². The number of hydrogen-bond donors (Lipinski definition) is 1. The van der Waals surface area contributed by atoms with Crippen molar-refractivity contribution in [3.05, 3.63) is 56.0 Å². The Kier molecular flexibility index (Phi) is 4.41. The summed E-state index contributed by atoms with van der Waals surface area (Å²) in [5.74, 6) is 0. The van der Waals surface area contributed by atoms with Gasteiger partial charge in [-0.3, -0.25) is 0 Å². The third-order valence-corrected chi connectivity index (χ3v) is 4.15. The van der Waals surface area contributed by atoms with E-state index in [9.17, 15) is 0 Å². The number of halogens is 4. The van der Waals surface area contributed by atoms with Crippen molar-refractivity contribution >= 4 is 46.4 Å². The smallest absolute Gasteiger partial charge is 0.0598 e. The Morgan fingerprint density at radius 3 is 2.11 bits per heavy atom. The van der Waals surface area contributed by atoms with Crippen molar-refractivity contribution in [1.29, 1.82) is 0 Å². The van der Waals surface area contributed by atoms with Gasteiger partial charge in [0.05, 0.1) is 15.1 Å². The highest BCUT2D eigenvalue weighted by Crippen LogP contribution is 2.36. The standard InChI is InChI=1S/C13H9Cl4N/c14-10-4-2-8(13(17)9(10)6-18)7-1-3-11(15)12(16)5-7/h1-5H,6,18H2. The predicted molar refractivity (Wildman–Crippen MR) is 79.8 cm³/mol. The van der Waals surface area contributed by atoms with Crippen LogP contribution in [-0.2, 0) is 6.54 Å². The van der Waals surface area contributed by atoms with E-state index in [-0.39, 0.29) is 6.54 Å². The summed E-state index contributed by atoms with van der Waals surface area (Å²) in [5, 5.41) is 2.09. The molecule has 0 radical (unpaired) electrons. The SMILES string of the molecule is NCc1c(Cl)ccc(-c2ccc(Cl)c(Cl)c2)c1Cl. The first-order valence-corrected chi connectivity index (χ1v) is 6.68. The van der Waals surface area contributed by atoms with Gasteiger partial charge in [0.15, 0.2) is 0 Å². The maximum absolute atomic E-state index is 6.30. The molecule has 0 aliphatic carbocycles. The van der Waals surface area contributed by atoms with Gasteiger partial charge in [-0.25, -0.2) is 0 Å². The molecule has 0 amide bonds. The summed E-state index contributed by atoms with van der Waals surface area (Å²) < 4.78 is 0. The van der Waals surface area contributed by atoms with Crippen molar-refractivity contribution in [2.45, 2.75) is 6.54 Å². The Morgan fingerprint density at radius 2 is 1.50 bits per heavy atom. The monoisotopic (exact) mass is 319 g/mol. The topological polar surface area (TPSA) is 26.0 Å². The van der Waals surface area contributed by atoms with E-state index in [0.29, 0.717) is 20.1 Å². The molecule has 0 saturated heterocycles. The van der Waals surface area contributed by atoms with Crippen LogP contribution in [-0.4, -0.2) is 0 Å². The fraction of sp³-hybridized carbons (Fsp3) is 0.0769. The molecule has 0 aromatic heterocycles. The molecular formula is C13H9Cl4N. The second-order valence-electron chi connectivity index (χ2n) is 3.72. The summed E-state index contributed by atoms with van der Waals surface area (Å²) >= 11 is 24.2. The molecule has 0 heterocycles. The van der Waals surface area contributed by atoms with Gasteiger partial charge in [0, 0.05) is 22.7 Å². The van der Waals surface area contributed by atoms with Crippen LogP contribution >= 0.6 is 46.4 Å². The van der Waals surface area contributed by atoms with Crippen LogP contribution in [0.25, 0.3) is 11.1 Å². The van der Waals surface area contributed by atoms with Crippen LogP contribution in [0.4, 0.5) is 0 Å². The van der Waals surface area contributed by atoms with Crippen molar-refractivity contribution < 1.29 is 0 Å². The molecule has 2 rings (SSSR count). The number of hydrogen-bond acceptors (Lipinski definition) is 1. The Hall–Kier alpha value is -0.440. The summed E-state index contributed by atoms with van der Waals surface area (Å²) in [6, 6.07) is 8.95. The Balaban J connectivity index is 2.60. The molecule has 1 nitrogen and oxygen atoms in total. The summed E-state index contributed by atoms with van der Waals surface area (Å²) in [6.45, 7) is 0.285. The Bertz CT molecular complexity index is 596. The molecule has 18 heavy (non-hydrogen) atoms.